The van der Waals surface area contributed by atoms with Gasteiger partial charge in [-0.3, -0.25) is 0 Å². The van der Waals surface area contributed by atoms with E-state index in [2.05, 4.69) is 5.32 Å². The van der Waals surface area contributed by atoms with Crippen LogP contribution in [0.3, 0.4) is 0 Å². The highest BCUT2D eigenvalue weighted by atomic mass is 16.6. The first kappa shape index (κ1) is 15.3. The van der Waals surface area contributed by atoms with Crippen LogP contribution in [0, 0.1) is 0 Å². The normalized spacial score (nSPS) is 21.0. The lowest BCUT2D eigenvalue weighted by Crippen LogP contribution is -2.28. The fourth-order valence-electron chi connectivity index (χ4n) is 2.45. The van der Waals surface area contributed by atoms with Gasteiger partial charge in [0.2, 0.25) is 0 Å². The maximum absolute atomic E-state index is 12.1. The summed E-state index contributed by atoms with van der Waals surface area (Å²) in [6.45, 7) is 0.332. The van der Waals surface area contributed by atoms with Gasteiger partial charge in [0.05, 0.1) is 11.7 Å². The number of amides is 2. The van der Waals surface area contributed by atoms with E-state index in [1.165, 1.54) is 0 Å². The van der Waals surface area contributed by atoms with Crippen molar-refractivity contribution in [2.75, 3.05) is 7.11 Å². The first-order valence-electron chi connectivity index (χ1n) is 6.96. The fourth-order valence-corrected chi connectivity index (χ4v) is 2.45. The highest BCUT2D eigenvalue weighted by Gasteiger charge is 2.30. The fraction of sp³-hybridized carbons (Fsp3) is 0.467. The molecular formula is C15H20N2O4. The predicted molar refractivity (Wildman–Crippen MR) is 76.7 cm³/mol. The molecule has 0 spiro atoms. The number of hydrogen-bond donors (Lipinski definition) is 2. The van der Waals surface area contributed by atoms with Crippen molar-refractivity contribution in [3.63, 3.8) is 0 Å². The van der Waals surface area contributed by atoms with Crippen LogP contribution in [0.1, 0.15) is 35.2 Å². The second kappa shape index (κ2) is 7.08. The van der Waals surface area contributed by atoms with Gasteiger partial charge in [-0.1, -0.05) is 12.1 Å². The van der Waals surface area contributed by atoms with Crippen molar-refractivity contribution >= 4 is 12.0 Å². The molecule has 0 saturated heterocycles. The molecule has 114 valence electrons. The van der Waals surface area contributed by atoms with Gasteiger partial charge in [0.25, 0.3) is 0 Å². The molecule has 0 radical (unpaired) electrons. The third-order valence-electron chi connectivity index (χ3n) is 3.61. The standard InChI is InChI=1S/C15H20N2O4/c1-20-12-3-2-4-13(12)21-14(18)11-7-5-10(6-8-11)9-17-15(16)19/h5-8,12-13H,2-4,9H2,1H3,(H3,16,17,19)/t12-,13+/m0/s1. The Morgan fingerprint density at radius 1 is 1.24 bits per heavy atom. The summed E-state index contributed by atoms with van der Waals surface area (Å²) in [6.07, 6.45) is 2.59. The molecule has 1 aliphatic rings. The Balaban J connectivity index is 1.92. The number of rotatable bonds is 5. The first-order valence-corrected chi connectivity index (χ1v) is 6.96. The lowest BCUT2D eigenvalue weighted by atomic mass is 10.1. The van der Waals surface area contributed by atoms with Gasteiger partial charge in [-0.2, -0.15) is 0 Å². The molecule has 0 aliphatic heterocycles. The van der Waals surface area contributed by atoms with Gasteiger partial charge >= 0.3 is 12.0 Å². The minimum atomic E-state index is -0.578. The van der Waals surface area contributed by atoms with Crippen LogP contribution in [0.2, 0.25) is 0 Å². The zero-order valence-electron chi connectivity index (χ0n) is 12.0. The summed E-state index contributed by atoms with van der Waals surface area (Å²) in [5.41, 5.74) is 6.35. The maximum Gasteiger partial charge on any atom is 0.338 e. The Morgan fingerprint density at radius 3 is 2.52 bits per heavy atom. The van der Waals surface area contributed by atoms with Crippen molar-refractivity contribution in [3.8, 4) is 0 Å². The van der Waals surface area contributed by atoms with E-state index >= 15 is 0 Å². The number of primary amides is 1. The summed E-state index contributed by atoms with van der Waals surface area (Å²) in [7, 11) is 1.64. The zero-order valence-corrected chi connectivity index (χ0v) is 12.0. The number of carbonyl (C=O) groups excluding carboxylic acids is 2. The van der Waals surface area contributed by atoms with E-state index in [9.17, 15) is 9.59 Å². The molecule has 2 atom stereocenters. The summed E-state index contributed by atoms with van der Waals surface area (Å²) in [5.74, 6) is -0.349. The number of methoxy groups -OCH3 is 1. The Morgan fingerprint density at radius 2 is 1.90 bits per heavy atom. The molecule has 0 aromatic heterocycles. The van der Waals surface area contributed by atoms with Crippen molar-refractivity contribution < 1.29 is 19.1 Å². The molecule has 1 saturated carbocycles. The second-order valence-corrected chi connectivity index (χ2v) is 5.06. The summed E-state index contributed by atoms with van der Waals surface area (Å²) >= 11 is 0. The molecule has 0 unspecified atom stereocenters. The molecule has 21 heavy (non-hydrogen) atoms. The first-order chi connectivity index (χ1) is 10.1. The van der Waals surface area contributed by atoms with Crippen molar-refractivity contribution in [1.82, 2.24) is 5.32 Å². The van der Waals surface area contributed by atoms with Gasteiger partial charge in [-0.05, 0) is 37.0 Å². The number of esters is 1. The number of urea groups is 1. The topological polar surface area (TPSA) is 90.7 Å². The molecule has 0 heterocycles. The second-order valence-electron chi connectivity index (χ2n) is 5.06. The Bertz CT molecular complexity index is 501. The van der Waals surface area contributed by atoms with Crippen molar-refractivity contribution in [2.24, 2.45) is 5.73 Å². The van der Waals surface area contributed by atoms with Gasteiger partial charge in [0, 0.05) is 13.7 Å². The number of nitrogens with two attached hydrogens (primary N) is 1. The number of hydrogen-bond acceptors (Lipinski definition) is 4. The van der Waals surface area contributed by atoms with Crippen molar-refractivity contribution in [2.45, 2.75) is 38.0 Å². The Kier molecular flexibility index (Phi) is 5.16. The third-order valence-corrected chi connectivity index (χ3v) is 3.61. The summed E-state index contributed by atoms with van der Waals surface area (Å²) < 4.78 is 10.8. The van der Waals surface area contributed by atoms with E-state index < -0.39 is 6.03 Å². The summed E-state index contributed by atoms with van der Waals surface area (Å²) in [5, 5.41) is 2.49. The smallest absolute Gasteiger partial charge is 0.338 e. The van der Waals surface area contributed by atoms with Crippen LogP contribution in [0.25, 0.3) is 0 Å². The lowest BCUT2D eigenvalue weighted by Gasteiger charge is -2.18. The maximum atomic E-state index is 12.1. The SMILES string of the molecule is CO[C@H]1CCC[C@H]1OC(=O)c1ccc(CNC(N)=O)cc1. The van der Waals surface area contributed by atoms with Crippen LogP contribution in [0.5, 0.6) is 0 Å². The lowest BCUT2D eigenvalue weighted by molar-refractivity contribution is -0.0206. The van der Waals surface area contributed by atoms with Gasteiger partial charge in [-0.15, -0.1) is 0 Å². The van der Waals surface area contributed by atoms with Crippen LogP contribution < -0.4 is 11.1 Å². The van der Waals surface area contributed by atoms with Gasteiger partial charge in [0.15, 0.2) is 0 Å². The molecule has 2 amide bonds. The average Bonchev–Trinajstić information content (AvgIpc) is 2.92. The van der Waals surface area contributed by atoms with E-state index in [-0.39, 0.29) is 18.2 Å². The predicted octanol–water partition coefficient (Wildman–Crippen LogP) is 1.58. The van der Waals surface area contributed by atoms with E-state index in [1.54, 1.807) is 31.4 Å². The van der Waals surface area contributed by atoms with Gasteiger partial charge in [-0.25, -0.2) is 9.59 Å². The van der Waals surface area contributed by atoms with E-state index in [4.69, 9.17) is 15.2 Å². The Hall–Kier alpha value is -2.08. The minimum absolute atomic E-state index is 0.00649. The molecule has 1 aromatic carbocycles. The zero-order chi connectivity index (χ0) is 15.2. The van der Waals surface area contributed by atoms with E-state index in [0.29, 0.717) is 12.1 Å². The van der Waals surface area contributed by atoms with Crippen molar-refractivity contribution in [1.29, 1.82) is 0 Å². The van der Waals surface area contributed by atoms with Crippen LogP contribution >= 0.6 is 0 Å². The van der Waals surface area contributed by atoms with Gasteiger partial charge < -0.3 is 20.5 Å². The third kappa shape index (κ3) is 4.19. The molecule has 1 aromatic rings. The number of carbonyl (C=O) groups is 2. The monoisotopic (exact) mass is 292 g/mol. The molecular weight excluding hydrogens is 272 g/mol. The number of benzene rings is 1. The Labute approximate surface area is 123 Å². The minimum Gasteiger partial charge on any atom is -0.456 e. The molecule has 1 aliphatic carbocycles. The van der Waals surface area contributed by atoms with Crippen LogP contribution in [-0.4, -0.2) is 31.3 Å². The average molecular weight is 292 g/mol. The number of nitrogens with one attached hydrogen (secondary N) is 1. The molecule has 6 heteroatoms. The molecule has 2 rings (SSSR count). The van der Waals surface area contributed by atoms with Crippen LogP contribution in [0.4, 0.5) is 4.79 Å². The van der Waals surface area contributed by atoms with Crippen LogP contribution in [0.15, 0.2) is 24.3 Å². The quantitative estimate of drug-likeness (QED) is 0.806. The summed E-state index contributed by atoms with van der Waals surface area (Å²) in [6, 6.07) is 6.29. The van der Waals surface area contributed by atoms with E-state index in [1.807, 2.05) is 0 Å². The van der Waals surface area contributed by atoms with Crippen molar-refractivity contribution in [3.05, 3.63) is 35.4 Å². The largest absolute Gasteiger partial charge is 0.456 e. The van der Waals surface area contributed by atoms with E-state index in [0.717, 1.165) is 24.8 Å². The summed E-state index contributed by atoms with van der Waals surface area (Å²) in [4.78, 5) is 22.7. The molecule has 0 bridgehead atoms. The molecule has 6 nitrogen and oxygen atoms in total. The highest BCUT2D eigenvalue weighted by molar-refractivity contribution is 5.89. The molecule has 3 N–H and O–H groups in total. The highest BCUT2D eigenvalue weighted by Crippen LogP contribution is 2.25. The van der Waals surface area contributed by atoms with Crippen LogP contribution in [-0.2, 0) is 16.0 Å². The molecule has 1 fully saturated rings. The van der Waals surface area contributed by atoms with Gasteiger partial charge in [0.1, 0.15) is 6.10 Å². The number of ether oxygens (including phenoxy) is 2.